The van der Waals surface area contributed by atoms with E-state index in [1.165, 1.54) is 25.7 Å². The highest BCUT2D eigenvalue weighted by Crippen LogP contribution is 2.25. The molecule has 28 heavy (non-hydrogen) atoms. The van der Waals surface area contributed by atoms with Crippen molar-refractivity contribution < 1.29 is 9.90 Å². The van der Waals surface area contributed by atoms with Gasteiger partial charge in [-0.3, -0.25) is 4.79 Å². The van der Waals surface area contributed by atoms with Crippen molar-refractivity contribution in [1.29, 1.82) is 0 Å². The number of carbonyl (C=O) groups is 1. The lowest BCUT2D eigenvalue weighted by molar-refractivity contribution is -0.117. The van der Waals surface area contributed by atoms with Crippen LogP contribution in [0, 0.1) is 5.92 Å². The second-order valence-corrected chi connectivity index (χ2v) is 8.30. The summed E-state index contributed by atoms with van der Waals surface area (Å²) in [6, 6.07) is 0. The van der Waals surface area contributed by atoms with E-state index in [1.54, 1.807) is 13.0 Å². The third-order valence-corrected chi connectivity index (χ3v) is 5.56. The molecule has 6 heteroatoms. The maximum absolute atomic E-state index is 12.7. The minimum absolute atomic E-state index is 0.0240. The van der Waals surface area contributed by atoms with Gasteiger partial charge in [0.2, 0.25) is 5.91 Å². The molecule has 0 aromatic carbocycles. The average molecular weight is 408 g/mol. The van der Waals surface area contributed by atoms with Crippen molar-refractivity contribution in [3.05, 3.63) is 29.4 Å². The third kappa shape index (κ3) is 6.50. The number of nitrogens with zero attached hydrogens (tertiary/aromatic N) is 1. The number of carbonyl (C=O) groups excluding carboxylic acids is 1. The molecule has 2 rings (SSSR count). The number of rotatable bonds is 8. The SMILES string of the molecule is C=C/C=c1\c(=C(/C)Cl)c(NC(=O)CC2CCCCCC2)cn1CC(O)CCN. The van der Waals surface area contributed by atoms with Crippen LogP contribution in [0.5, 0.6) is 0 Å². The molecule has 4 N–H and O–H groups in total. The molecule has 0 bridgehead atoms. The summed E-state index contributed by atoms with van der Waals surface area (Å²) in [5.74, 6) is 0.482. The number of anilines is 1. The number of hydrogen-bond acceptors (Lipinski definition) is 3. The molecule has 0 radical (unpaired) electrons. The number of nitrogens with two attached hydrogens (primary N) is 1. The molecule has 0 spiro atoms. The van der Waals surface area contributed by atoms with Crippen LogP contribution in [0.2, 0.25) is 0 Å². The lowest BCUT2D eigenvalue weighted by Crippen LogP contribution is -2.34. The van der Waals surface area contributed by atoms with Gasteiger partial charge in [0.25, 0.3) is 0 Å². The largest absolute Gasteiger partial charge is 0.391 e. The minimum Gasteiger partial charge on any atom is -0.391 e. The van der Waals surface area contributed by atoms with Gasteiger partial charge in [0.05, 0.1) is 17.1 Å². The first-order valence-corrected chi connectivity index (χ1v) is 10.7. The smallest absolute Gasteiger partial charge is 0.224 e. The molecule has 156 valence electrons. The fourth-order valence-corrected chi connectivity index (χ4v) is 4.21. The molecule has 1 aliphatic rings. The molecule has 1 fully saturated rings. The molecule has 5 nitrogen and oxygen atoms in total. The fraction of sp³-hybridized carbons (Fsp3) is 0.591. The zero-order valence-corrected chi connectivity index (χ0v) is 17.7. The Labute approximate surface area is 172 Å². The van der Waals surface area contributed by atoms with Crippen molar-refractivity contribution in [3.63, 3.8) is 0 Å². The summed E-state index contributed by atoms with van der Waals surface area (Å²) in [5.41, 5.74) is 6.23. The van der Waals surface area contributed by atoms with Gasteiger partial charge in [-0.15, -0.1) is 0 Å². The highest BCUT2D eigenvalue weighted by Gasteiger charge is 2.18. The molecule has 1 aliphatic carbocycles. The van der Waals surface area contributed by atoms with Crippen LogP contribution in [0.3, 0.4) is 0 Å². The monoisotopic (exact) mass is 407 g/mol. The van der Waals surface area contributed by atoms with Gasteiger partial charge in [-0.2, -0.15) is 0 Å². The van der Waals surface area contributed by atoms with E-state index in [2.05, 4.69) is 11.9 Å². The Morgan fingerprint density at radius 2 is 2.11 bits per heavy atom. The summed E-state index contributed by atoms with van der Waals surface area (Å²) < 4.78 is 1.91. The van der Waals surface area contributed by atoms with Crippen molar-refractivity contribution in [2.75, 3.05) is 11.9 Å². The highest BCUT2D eigenvalue weighted by molar-refractivity contribution is 6.44. The van der Waals surface area contributed by atoms with Crippen molar-refractivity contribution in [1.82, 2.24) is 4.57 Å². The van der Waals surface area contributed by atoms with Crippen LogP contribution in [0.25, 0.3) is 11.1 Å². The summed E-state index contributed by atoms with van der Waals surface area (Å²) in [4.78, 5) is 12.7. The lowest BCUT2D eigenvalue weighted by atomic mass is 9.96. The predicted molar refractivity (Wildman–Crippen MR) is 117 cm³/mol. The van der Waals surface area contributed by atoms with Crippen molar-refractivity contribution >= 4 is 34.3 Å². The molecule has 1 amide bonds. The standard InChI is InChI=1S/C22H34ClN3O2/c1-3-8-20-22(16(2)23)19(15-26(20)14-18(27)11-12-24)25-21(28)13-17-9-6-4-5-7-10-17/h3,8,15,17-18,27H,1,4-7,9-14,24H2,2H3,(H,25,28)/b20-8+,22-16+. The van der Waals surface area contributed by atoms with Crippen LogP contribution in [0.15, 0.2) is 18.9 Å². The Morgan fingerprint density at radius 1 is 1.43 bits per heavy atom. The van der Waals surface area contributed by atoms with Crippen molar-refractivity contribution in [3.8, 4) is 0 Å². The van der Waals surface area contributed by atoms with E-state index in [0.29, 0.717) is 42.6 Å². The number of aromatic nitrogens is 1. The number of amides is 1. The van der Waals surface area contributed by atoms with Gasteiger partial charge in [-0.1, -0.05) is 49.9 Å². The summed E-state index contributed by atoms with van der Waals surface area (Å²) in [6.07, 6.45) is 13.1. The third-order valence-electron chi connectivity index (χ3n) is 5.37. The summed E-state index contributed by atoms with van der Waals surface area (Å²) in [7, 11) is 0. The zero-order chi connectivity index (χ0) is 20.5. The molecule has 1 aromatic heterocycles. The summed E-state index contributed by atoms with van der Waals surface area (Å²) in [6.45, 7) is 6.38. The number of allylic oxidation sites excluding steroid dienone is 1. The van der Waals surface area contributed by atoms with Gasteiger partial charge in [-0.05, 0) is 44.7 Å². The first-order chi connectivity index (χ1) is 13.5. The number of halogens is 1. The van der Waals surface area contributed by atoms with E-state index in [9.17, 15) is 9.90 Å². The normalized spacial score (nSPS) is 18.5. The van der Waals surface area contributed by atoms with Gasteiger partial charge in [-0.25, -0.2) is 0 Å². The predicted octanol–water partition coefficient (Wildman–Crippen LogP) is 2.83. The molecule has 1 unspecified atom stereocenters. The molecule has 0 saturated heterocycles. The van der Waals surface area contributed by atoms with E-state index >= 15 is 0 Å². The van der Waals surface area contributed by atoms with E-state index in [4.69, 9.17) is 17.3 Å². The highest BCUT2D eigenvalue weighted by atomic mass is 35.5. The van der Waals surface area contributed by atoms with Crippen LogP contribution >= 0.6 is 11.6 Å². The van der Waals surface area contributed by atoms with Crippen LogP contribution in [-0.2, 0) is 11.3 Å². The Kier molecular flexibility index (Phi) is 9.29. The van der Waals surface area contributed by atoms with E-state index in [-0.39, 0.29) is 5.91 Å². The maximum Gasteiger partial charge on any atom is 0.224 e. The number of aliphatic hydroxyl groups is 1. The van der Waals surface area contributed by atoms with Gasteiger partial charge in [0.1, 0.15) is 0 Å². The molecule has 1 heterocycles. The summed E-state index contributed by atoms with van der Waals surface area (Å²) >= 11 is 6.37. The van der Waals surface area contributed by atoms with Crippen molar-refractivity contribution in [2.45, 2.75) is 70.9 Å². The van der Waals surface area contributed by atoms with Gasteiger partial charge in [0.15, 0.2) is 0 Å². The molecular weight excluding hydrogens is 374 g/mol. The first-order valence-electron chi connectivity index (χ1n) is 10.3. The van der Waals surface area contributed by atoms with Crippen LogP contribution in [0.4, 0.5) is 5.69 Å². The number of hydrogen-bond donors (Lipinski definition) is 3. The second-order valence-electron chi connectivity index (χ2n) is 7.73. The first kappa shape index (κ1) is 22.7. The van der Waals surface area contributed by atoms with Gasteiger partial charge in [0, 0.05) is 29.4 Å². The Bertz CT molecular complexity index is 772. The number of aliphatic hydroxyl groups excluding tert-OH is 1. The topological polar surface area (TPSA) is 80.3 Å². The molecule has 1 atom stereocenters. The zero-order valence-electron chi connectivity index (χ0n) is 16.9. The quantitative estimate of drug-likeness (QED) is 0.579. The van der Waals surface area contributed by atoms with Crippen LogP contribution in [-0.4, -0.2) is 28.2 Å². The van der Waals surface area contributed by atoms with Gasteiger partial charge < -0.3 is 20.7 Å². The van der Waals surface area contributed by atoms with Crippen LogP contribution in [0.1, 0.15) is 58.3 Å². The fourth-order valence-electron chi connectivity index (χ4n) is 4.01. The minimum atomic E-state index is -0.563. The Morgan fingerprint density at radius 3 is 2.68 bits per heavy atom. The van der Waals surface area contributed by atoms with E-state index in [0.717, 1.165) is 23.4 Å². The van der Waals surface area contributed by atoms with Gasteiger partial charge >= 0.3 is 0 Å². The second kappa shape index (κ2) is 11.4. The van der Waals surface area contributed by atoms with Crippen LogP contribution < -0.4 is 21.6 Å². The summed E-state index contributed by atoms with van der Waals surface area (Å²) in [5, 5.41) is 15.4. The Balaban J connectivity index is 2.27. The number of nitrogens with one attached hydrogen (secondary N) is 1. The van der Waals surface area contributed by atoms with E-state index < -0.39 is 6.10 Å². The molecular formula is C22H34ClN3O2. The maximum atomic E-state index is 12.7. The molecule has 0 aliphatic heterocycles. The van der Waals surface area contributed by atoms with E-state index in [1.807, 2.05) is 16.8 Å². The average Bonchev–Trinajstić information content (AvgIpc) is 2.79. The molecule has 1 saturated carbocycles. The lowest BCUT2D eigenvalue weighted by Gasteiger charge is -2.13. The molecule has 1 aromatic rings. The van der Waals surface area contributed by atoms with Crippen molar-refractivity contribution in [2.24, 2.45) is 11.7 Å². The Hall–Kier alpha value is -1.56.